The topological polar surface area (TPSA) is 83.6 Å². The van der Waals surface area contributed by atoms with E-state index in [1.807, 2.05) is 6.07 Å². The first-order valence-electron chi connectivity index (χ1n) is 10.1. The maximum absolute atomic E-state index is 13.2. The van der Waals surface area contributed by atoms with Crippen LogP contribution in [-0.2, 0) is 23.2 Å². The number of nitriles is 1. The minimum Gasteiger partial charge on any atom is -0.309 e. The number of halogens is 3. The monoisotopic (exact) mass is 426 g/mol. The van der Waals surface area contributed by atoms with Crippen molar-refractivity contribution in [3.8, 4) is 6.07 Å². The van der Waals surface area contributed by atoms with E-state index in [2.05, 4.69) is 15.4 Å². The zero-order valence-electron chi connectivity index (χ0n) is 17.3. The largest absolute Gasteiger partial charge is 0.398 e. The second-order valence-corrected chi connectivity index (χ2v) is 7.47. The van der Waals surface area contributed by atoms with E-state index in [0.717, 1.165) is 0 Å². The highest BCUT2D eigenvalue weighted by molar-refractivity contribution is 5.91. The van der Waals surface area contributed by atoms with Gasteiger partial charge >= 0.3 is 6.18 Å². The fourth-order valence-electron chi connectivity index (χ4n) is 3.38. The van der Waals surface area contributed by atoms with E-state index < -0.39 is 17.5 Å². The molecule has 1 amide bonds. The first-order chi connectivity index (χ1) is 15.2. The van der Waals surface area contributed by atoms with Gasteiger partial charge in [-0.15, -0.1) is 0 Å². The molecular weight excluding hydrogens is 407 g/mol. The number of hydrogen-bond acceptors (Lipinski definition) is 4. The molecule has 1 aliphatic rings. The highest BCUT2D eigenvalue weighted by Crippen LogP contribution is 2.58. The van der Waals surface area contributed by atoms with E-state index in [1.165, 1.54) is 41.2 Å². The van der Waals surface area contributed by atoms with Crippen molar-refractivity contribution >= 4 is 11.7 Å². The normalized spacial score (nSPS) is 15.1. The Labute approximate surface area is 177 Å². The van der Waals surface area contributed by atoms with E-state index in [0.29, 0.717) is 16.8 Å². The summed E-state index contributed by atoms with van der Waals surface area (Å²) in [5.74, 6) is -0.199. The van der Waals surface area contributed by atoms with Gasteiger partial charge in [-0.25, -0.2) is 0 Å². The number of nitrogens with zero attached hydrogens (tertiary/aromatic N) is 4. The van der Waals surface area contributed by atoms with Crippen molar-refractivity contribution in [1.29, 1.82) is 5.26 Å². The second-order valence-electron chi connectivity index (χ2n) is 7.47. The van der Waals surface area contributed by atoms with Crippen LogP contribution in [0.25, 0.3) is 0 Å². The summed E-state index contributed by atoms with van der Waals surface area (Å²) in [6.45, 7) is 0.197. The Bertz CT molecular complexity index is 1180. The van der Waals surface area contributed by atoms with Crippen LogP contribution in [0.5, 0.6) is 0 Å². The predicted octanol–water partition coefficient (Wildman–Crippen LogP) is 3.97. The lowest BCUT2D eigenvalue weighted by Gasteiger charge is -2.19. The molecule has 0 saturated heterocycles. The molecule has 3 aromatic rings. The smallest absolute Gasteiger partial charge is 0.309 e. The Kier molecular flexibility index (Phi) is 4.90. The maximum atomic E-state index is 13.2. The number of aromatic nitrogens is 3. The first-order valence-corrected chi connectivity index (χ1v) is 9.56. The second kappa shape index (κ2) is 7.87. The van der Waals surface area contributed by atoms with Gasteiger partial charge in [0.15, 0.2) is 5.82 Å². The first kappa shape index (κ1) is 19.3. The Hall–Kier alpha value is -3.67. The molecule has 6 nitrogen and oxygen atoms in total. The van der Waals surface area contributed by atoms with Crippen molar-refractivity contribution in [2.75, 3.05) is 5.32 Å². The quantitative estimate of drug-likeness (QED) is 0.647. The molecule has 1 fully saturated rings. The van der Waals surface area contributed by atoms with Crippen molar-refractivity contribution in [2.45, 2.75) is 37.4 Å². The van der Waals surface area contributed by atoms with Gasteiger partial charge in [-0.1, -0.05) is 24.3 Å². The fraction of sp³-hybridized carbons (Fsp3) is 0.273. The van der Waals surface area contributed by atoms with E-state index in [1.54, 1.807) is 12.1 Å². The summed E-state index contributed by atoms with van der Waals surface area (Å²) in [6.07, 6.45) is -2.63. The third kappa shape index (κ3) is 4.43. The van der Waals surface area contributed by atoms with Gasteiger partial charge in [-0.05, 0) is 36.1 Å². The van der Waals surface area contributed by atoms with Gasteiger partial charge in [0.25, 0.3) is 0 Å². The minimum absolute atomic E-state index is 0.0311. The molecule has 2 heterocycles. The number of amides is 1. The molecule has 0 radical (unpaired) electrons. The molecule has 31 heavy (non-hydrogen) atoms. The molecule has 1 aliphatic carbocycles. The molecule has 0 atom stereocenters. The van der Waals surface area contributed by atoms with Gasteiger partial charge in [-0.3, -0.25) is 14.5 Å². The van der Waals surface area contributed by atoms with Gasteiger partial charge < -0.3 is 5.32 Å². The Morgan fingerprint density at radius 3 is 2.55 bits per heavy atom. The number of carbonyl (C=O) groups excluding carboxylic acids is 1. The molecule has 158 valence electrons. The van der Waals surface area contributed by atoms with Gasteiger partial charge in [0.2, 0.25) is 5.91 Å². The van der Waals surface area contributed by atoms with E-state index >= 15 is 0 Å². The predicted molar refractivity (Wildman–Crippen MR) is 106 cm³/mol. The third-order valence-corrected chi connectivity index (χ3v) is 5.28. The van der Waals surface area contributed by atoms with E-state index in [-0.39, 0.29) is 43.4 Å². The summed E-state index contributed by atoms with van der Waals surface area (Å²) in [5.41, 5.74) is 0.0899. The van der Waals surface area contributed by atoms with Crippen LogP contribution >= 0.6 is 0 Å². The Morgan fingerprint density at radius 1 is 1.23 bits per heavy atom. The maximum Gasteiger partial charge on any atom is 0.398 e. The number of rotatable bonds is 6. The zero-order valence-corrected chi connectivity index (χ0v) is 16.3. The molecule has 1 saturated carbocycles. The number of carbonyl (C=O) groups is 1. The van der Waals surface area contributed by atoms with Crippen LogP contribution in [0.15, 0.2) is 54.8 Å². The standard InChI is InChI=1S/C22H18F3N5O/c23-22(24,25)21(8-9-21)17-4-1-15(2-5-17)11-20(31)28-19-7-10-30(29-19)14-18-6-3-16(12-26)13-27-18/h1-7,10,13H,8-9,11,14H2,(H,28,29,31)/i10D. The lowest BCUT2D eigenvalue weighted by Crippen LogP contribution is -2.28. The number of nitrogens with one attached hydrogen (secondary N) is 1. The van der Waals surface area contributed by atoms with Crippen LogP contribution < -0.4 is 5.32 Å². The van der Waals surface area contributed by atoms with Gasteiger partial charge in [-0.2, -0.15) is 23.5 Å². The molecule has 1 N–H and O–H groups in total. The number of alkyl halides is 3. The van der Waals surface area contributed by atoms with E-state index in [9.17, 15) is 18.0 Å². The van der Waals surface area contributed by atoms with Gasteiger partial charge in [0.05, 0.1) is 31.0 Å². The van der Waals surface area contributed by atoms with Gasteiger partial charge in [0.1, 0.15) is 6.07 Å². The number of hydrogen-bond donors (Lipinski definition) is 1. The fourth-order valence-corrected chi connectivity index (χ4v) is 3.38. The zero-order chi connectivity index (χ0) is 22.9. The van der Waals surface area contributed by atoms with Crippen molar-refractivity contribution in [2.24, 2.45) is 0 Å². The average molecular weight is 426 g/mol. The third-order valence-electron chi connectivity index (χ3n) is 5.28. The SMILES string of the molecule is [2H]c1cc(NC(=O)Cc2ccc(C3(C(F)(F)F)CC3)cc2)nn1Cc1ccc(C#N)cn1. The number of anilines is 1. The van der Waals surface area contributed by atoms with Crippen LogP contribution in [0.1, 0.15) is 36.6 Å². The van der Waals surface area contributed by atoms with Crippen LogP contribution in [0.2, 0.25) is 0 Å². The molecular formula is C22H18F3N5O. The molecule has 0 unspecified atom stereocenters. The molecule has 1 aromatic carbocycles. The minimum atomic E-state index is -4.27. The van der Waals surface area contributed by atoms with E-state index in [4.69, 9.17) is 6.63 Å². The molecule has 0 bridgehead atoms. The van der Waals surface area contributed by atoms with Crippen molar-refractivity contribution in [3.63, 3.8) is 0 Å². The summed E-state index contributed by atoms with van der Waals surface area (Å²) in [4.78, 5) is 16.5. The number of benzene rings is 1. The molecule has 0 spiro atoms. The van der Waals surface area contributed by atoms with Crippen molar-refractivity contribution in [3.05, 3.63) is 77.2 Å². The van der Waals surface area contributed by atoms with Crippen LogP contribution in [0.4, 0.5) is 19.0 Å². The summed E-state index contributed by atoms with van der Waals surface area (Å²) < 4.78 is 49.1. The number of pyridine rings is 1. The molecule has 9 heteroatoms. The Balaban J connectivity index is 1.37. The highest BCUT2D eigenvalue weighted by atomic mass is 19.4. The summed E-state index contributed by atoms with van der Waals surface area (Å²) in [7, 11) is 0. The van der Waals surface area contributed by atoms with Crippen LogP contribution in [0.3, 0.4) is 0 Å². The molecule has 0 aliphatic heterocycles. The van der Waals surface area contributed by atoms with Gasteiger partial charge in [0, 0.05) is 18.4 Å². The average Bonchev–Trinajstić information content (AvgIpc) is 3.50. The lowest BCUT2D eigenvalue weighted by atomic mass is 9.94. The lowest BCUT2D eigenvalue weighted by molar-refractivity contribution is -0.160. The van der Waals surface area contributed by atoms with Crippen LogP contribution in [-0.4, -0.2) is 26.8 Å². The highest BCUT2D eigenvalue weighted by Gasteiger charge is 2.64. The summed E-state index contributed by atoms with van der Waals surface area (Å²) >= 11 is 0. The van der Waals surface area contributed by atoms with Crippen molar-refractivity contribution in [1.82, 2.24) is 14.8 Å². The molecule has 4 rings (SSSR count). The Morgan fingerprint density at radius 2 is 1.97 bits per heavy atom. The molecule has 2 aromatic heterocycles. The van der Waals surface area contributed by atoms with Crippen molar-refractivity contribution < 1.29 is 19.3 Å². The summed E-state index contributed by atoms with van der Waals surface area (Å²) in [5, 5.41) is 15.6. The summed E-state index contributed by atoms with van der Waals surface area (Å²) in [6, 6.07) is 12.6. The van der Waals surface area contributed by atoms with Crippen LogP contribution in [0, 0.1) is 11.3 Å².